The van der Waals surface area contributed by atoms with Crippen LogP contribution in [0, 0.1) is 30.4 Å². The van der Waals surface area contributed by atoms with Crippen molar-refractivity contribution in [3.63, 3.8) is 0 Å². The maximum atomic E-state index is 14.1. The number of carbonyl (C=O) groups excluding carboxylic acids is 2. The van der Waals surface area contributed by atoms with Crippen molar-refractivity contribution < 1.29 is 23.5 Å². The number of halogens is 2. The standard InChI is InChI=1S/C23H23F2N3O4/c1-10-3-15(24)13(16(25)4-10)7-26-22(31)14-8-27-9-18-12-5-11(2)17(6-12)28(18)23(32)19(27)21(30)20(14)29/h3-4,8,11-12,17-18,30H,5-7,9H2,1-2H3,(H,26,31)/t11-,12+,17+,18-/m0/s1. The van der Waals surface area contributed by atoms with Gasteiger partial charge in [0.15, 0.2) is 11.4 Å². The van der Waals surface area contributed by atoms with E-state index in [0.29, 0.717) is 23.9 Å². The fourth-order valence-corrected chi connectivity index (χ4v) is 5.65. The first kappa shape index (κ1) is 20.7. The molecule has 7 nitrogen and oxygen atoms in total. The molecular weight excluding hydrogens is 420 g/mol. The highest BCUT2D eigenvalue weighted by Crippen LogP contribution is 2.48. The number of aryl methyl sites for hydroxylation is 1. The molecule has 2 fully saturated rings. The highest BCUT2D eigenvalue weighted by molar-refractivity contribution is 5.99. The van der Waals surface area contributed by atoms with Gasteiger partial charge in [-0.2, -0.15) is 0 Å². The van der Waals surface area contributed by atoms with Crippen LogP contribution in [0.15, 0.2) is 23.1 Å². The number of aromatic nitrogens is 1. The van der Waals surface area contributed by atoms with Gasteiger partial charge in [-0.3, -0.25) is 14.4 Å². The van der Waals surface area contributed by atoms with Crippen molar-refractivity contribution in [2.45, 2.75) is 51.9 Å². The number of carbonyl (C=O) groups is 2. The Bertz CT molecular complexity index is 1200. The second-order valence-electron chi connectivity index (χ2n) is 9.17. The molecule has 9 heteroatoms. The number of fused-ring (bicyclic) bond motifs is 6. The first-order valence-corrected chi connectivity index (χ1v) is 10.7. The molecular formula is C23H23F2N3O4. The van der Waals surface area contributed by atoms with Gasteiger partial charge in [0.05, 0.1) is 6.04 Å². The molecule has 3 aliphatic rings. The number of aromatic hydroxyl groups is 1. The van der Waals surface area contributed by atoms with E-state index in [4.69, 9.17) is 0 Å². The Morgan fingerprint density at radius 2 is 1.88 bits per heavy atom. The molecule has 1 aromatic heterocycles. The quantitative estimate of drug-likeness (QED) is 0.762. The van der Waals surface area contributed by atoms with Crippen molar-refractivity contribution in [3.05, 3.63) is 62.6 Å². The van der Waals surface area contributed by atoms with E-state index in [1.54, 1.807) is 11.8 Å². The Morgan fingerprint density at radius 1 is 1.19 bits per heavy atom. The van der Waals surface area contributed by atoms with Crippen molar-refractivity contribution in [2.75, 3.05) is 0 Å². The van der Waals surface area contributed by atoms with Gasteiger partial charge in [0.25, 0.3) is 11.8 Å². The molecule has 2 aromatic rings. The van der Waals surface area contributed by atoms with Gasteiger partial charge in [0, 0.05) is 30.9 Å². The van der Waals surface area contributed by atoms with E-state index < -0.39 is 41.2 Å². The molecule has 2 aliphatic heterocycles. The van der Waals surface area contributed by atoms with Crippen LogP contribution in [0.4, 0.5) is 8.78 Å². The van der Waals surface area contributed by atoms with E-state index in [-0.39, 0.29) is 28.9 Å². The number of piperidine rings is 1. The normalized spacial score (nSPS) is 25.6. The van der Waals surface area contributed by atoms with Gasteiger partial charge < -0.3 is 19.9 Å². The Balaban J connectivity index is 1.44. The van der Waals surface area contributed by atoms with Gasteiger partial charge in [0.1, 0.15) is 17.2 Å². The zero-order valence-corrected chi connectivity index (χ0v) is 17.7. The molecule has 3 heterocycles. The summed E-state index contributed by atoms with van der Waals surface area (Å²) in [5.41, 5.74) is -1.40. The van der Waals surface area contributed by atoms with Crippen LogP contribution in [0.1, 0.15) is 51.7 Å². The molecule has 0 unspecified atom stereocenters. The van der Waals surface area contributed by atoms with Crippen LogP contribution >= 0.6 is 0 Å². The fraction of sp³-hybridized carbons (Fsp3) is 0.435. The van der Waals surface area contributed by atoms with E-state index in [0.717, 1.165) is 25.0 Å². The van der Waals surface area contributed by atoms with E-state index in [9.17, 15) is 28.3 Å². The van der Waals surface area contributed by atoms with Crippen LogP contribution in [0.5, 0.6) is 5.75 Å². The number of benzene rings is 1. The predicted molar refractivity (Wildman–Crippen MR) is 110 cm³/mol. The van der Waals surface area contributed by atoms with E-state index in [1.165, 1.54) is 10.8 Å². The molecule has 2 bridgehead atoms. The number of nitrogens with zero attached hydrogens (tertiary/aromatic N) is 2. The smallest absolute Gasteiger partial charge is 0.275 e. The molecule has 1 aliphatic carbocycles. The summed E-state index contributed by atoms with van der Waals surface area (Å²) < 4.78 is 29.6. The lowest BCUT2D eigenvalue weighted by Crippen LogP contribution is -2.54. The lowest BCUT2D eigenvalue weighted by atomic mass is 9.91. The topological polar surface area (TPSA) is 91.6 Å². The van der Waals surface area contributed by atoms with Gasteiger partial charge in [-0.05, 0) is 49.3 Å². The van der Waals surface area contributed by atoms with Crippen LogP contribution in [0.2, 0.25) is 0 Å². The summed E-state index contributed by atoms with van der Waals surface area (Å²) in [4.78, 5) is 40.3. The minimum absolute atomic E-state index is 0.0373. The molecule has 168 valence electrons. The summed E-state index contributed by atoms with van der Waals surface area (Å²) in [7, 11) is 0. The molecule has 0 spiro atoms. The maximum absolute atomic E-state index is 14.1. The average molecular weight is 443 g/mol. The first-order valence-electron chi connectivity index (χ1n) is 10.7. The minimum atomic E-state index is -0.984. The Hall–Kier alpha value is -3.23. The molecule has 1 saturated heterocycles. The third-order valence-electron chi connectivity index (χ3n) is 7.17. The minimum Gasteiger partial charge on any atom is -0.503 e. The number of amides is 2. The molecule has 0 radical (unpaired) electrons. The predicted octanol–water partition coefficient (Wildman–Crippen LogP) is 2.32. The molecule has 1 aromatic carbocycles. The van der Waals surface area contributed by atoms with Crippen LogP contribution in [0.3, 0.4) is 0 Å². The summed E-state index contributed by atoms with van der Waals surface area (Å²) in [6, 6.07) is 2.36. The van der Waals surface area contributed by atoms with Gasteiger partial charge in [-0.15, -0.1) is 0 Å². The van der Waals surface area contributed by atoms with Gasteiger partial charge >= 0.3 is 0 Å². The molecule has 5 rings (SSSR count). The van der Waals surface area contributed by atoms with E-state index >= 15 is 0 Å². The number of hydrogen-bond donors (Lipinski definition) is 2. The van der Waals surface area contributed by atoms with Crippen molar-refractivity contribution in [3.8, 4) is 5.75 Å². The van der Waals surface area contributed by atoms with E-state index in [2.05, 4.69) is 12.2 Å². The number of hydrogen-bond acceptors (Lipinski definition) is 4. The highest BCUT2D eigenvalue weighted by Gasteiger charge is 2.54. The monoisotopic (exact) mass is 443 g/mol. The van der Waals surface area contributed by atoms with Crippen molar-refractivity contribution >= 4 is 11.8 Å². The Kier molecular flexibility index (Phi) is 4.61. The first-order chi connectivity index (χ1) is 15.2. The van der Waals surface area contributed by atoms with Crippen LogP contribution in [-0.2, 0) is 13.1 Å². The summed E-state index contributed by atoms with van der Waals surface area (Å²) in [6.45, 7) is 3.56. The van der Waals surface area contributed by atoms with Crippen LogP contribution in [-0.4, -0.2) is 38.5 Å². The van der Waals surface area contributed by atoms with E-state index in [1.807, 2.05) is 0 Å². The third kappa shape index (κ3) is 2.94. The Labute approximate surface area is 182 Å². The number of rotatable bonds is 3. The number of nitrogens with one attached hydrogen (secondary N) is 1. The van der Waals surface area contributed by atoms with Crippen LogP contribution < -0.4 is 10.7 Å². The SMILES string of the molecule is Cc1cc(F)c(CNC(=O)c2cn3c(c(O)c2=O)C(=O)N2[C@@H]4C[C@@H](C[C@@H]4C)[C@@H]2C3)c(F)c1. The largest absolute Gasteiger partial charge is 0.503 e. The lowest BCUT2D eigenvalue weighted by molar-refractivity contribution is 0.0396. The third-order valence-corrected chi connectivity index (χ3v) is 7.17. The van der Waals surface area contributed by atoms with Gasteiger partial charge in [-0.25, -0.2) is 8.78 Å². The summed E-state index contributed by atoms with van der Waals surface area (Å²) >= 11 is 0. The van der Waals surface area contributed by atoms with Crippen molar-refractivity contribution in [1.82, 2.24) is 14.8 Å². The Morgan fingerprint density at radius 3 is 2.56 bits per heavy atom. The fourth-order valence-electron chi connectivity index (χ4n) is 5.65. The van der Waals surface area contributed by atoms with Crippen molar-refractivity contribution in [1.29, 1.82) is 0 Å². The van der Waals surface area contributed by atoms with Gasteiger partial charge in [0.2, 0.25) is 5.43 Å². The second kappa shape index (κ2) is 7.15. The molecule has 32 heavy (non-hydrogen) atoms. The second-order valence-corrected chi connectivity index (χ2v) is 9.17. The molecule has 2 amide bonds. The summed E-state index contributed by atoms with van der Waals surface area (Å²) in [5, 5.41) is 12.9. The van der Waals surface area contributed by atoms with Crippen molar-refractivity contribution in [2.24, 2.45) is 11.8 Å². The zero-order valence-electron chi connectivity index (χ0n) is 17.7. The lowest BCUT2D eigenvalue weighted by Gasteiger charge is -2.42. The molecule has 4 atom stereocenters. The van der Waals surface area contributed by atoms with Gasteiger partial charge in [-0.1, -0.05) is 6.92 Å². The average Bonchev–Trinajstić information content (AvgIpc) is 3.27. The molecule has 1 saturated carbocycles. The highest BCUT2D eigenvalue weighted by atomic mass is 19.1. The number of pyridine rings is 1. The summed E-state index contributed by atoms with van der Waals surface area (Å²) in [6.07, 6.45) is 3.18. The summed E-state index contributed by atoms with van der Waals surface area (Å²) in [5.74, 6) is -2.94. The zero-order chi connectivity index (χ0) is 22.9. The maximum Gasteiger partial charge on any atom is 0.275 e. The van der Waals surface area contributed by atoms with Crippen LogP contribution in [0.25, 0.3) is 0 Å². The molecule has 2 N–H and O–H groups in total.